The van der Waals surface area contributed by atoms with Gasteiger partial charge in [-0.25, -0.2) is 8.42 Å². The maximum Gasteiger partial charge on any atom is 0.263 e. The van der Waals surface area contributed by atoms with Gasteiger partial charge in [0.1, 0.15) is 11.6 Å². The quantitative estimate of drug-likeness (QED) is 0.621. The number of aliphatic imine (C=N–C) groups is 1. The summed E-state index contributed by atoms with van der Waals surface area (Å²) in [5.41, 5.74) is 1.59. The molecule has 1 N–H and O–H groups in total. The molecule has 0 bridgehead atoms. The van der Waals surface area contributed by atoms with Gasteiger partial charge in [0, 0.05) is 37.7 Å². The molecular weight excluding hydrogens is 402 g/mol. The standard InChI is InChI=1S/C22H27N3O4S/c1-25(16-17-10-5-7-12-19(17)29-2)21(26)14-4-3-9-15-23-22-18-11-6-8-13-20(18)30(27,28)24-22/h5-8,10-13H,3-4,9,14-16H2,1-2H3,(H,23,24). The second-order valence-corrected chi connectivity index (χ2v) is 8.86. The normalized spacial score (nSPS) is 15.5. The van der Waals surface area contributed by atoms with Crippen LogP contribution >= 0.6 is 0 Å². The lowest BCUT2D eigenvalue weighted by molar-refractivity contribution is -0.130. The molecule has 30 heavy (non-hydrogen) atoms. The molecule has 1 amide bonds. The van der Waals surface area contributed by atoms with Crippen LogP contribution in [0.5, 0.6) is 5.75 Å². The van der Waals surface area contributed by atoms with E-state index in [0.29, 0.717) is 30.9 Å². The fraction of sp³-hybridized carbons (Fsp3) is 0.364. The first-order valence-corrected chi connectivity index (χ1v) is 11.4. The molecule has 1 heterocycles. The number of carbonyl (C=O) groups excluding carboxylic acids is 1. The highest BCUT2D eigenvalue weighted by Crippen LogP contribution is 2.22. The predicted octanol–water partition coefficient (Wildman–Crippen LogP) is 2.95. The van der Waals surface area contributed by atoms with E-state index in [-0.39, 0.29) is 10.8 Å². The SMILES string of the molecule is COc1ccccc1CN(C)C(=O)CCCCCN=C1NS(=O)(=O)c2ccccc21. The molecule has 0 radical (unpaired) electrons. The van der Waals surface area contributed by atoms with Gasteiger partial charge < -0.3 is 9.64 Å². The summed E-state index contributed by atoms with van der Waals surface area (Å²) in [6.45, 7) is 1.02. The highest BCUT2D eigenvalue weighted by atomic mass is 32.2. The van der Waals surface area contributed by atoms with Crippen molar-refractivity contribution in [3.8, 4) is 5.75 Å². The Kier molecular flexibility index (Phi) is 7.10. The first-order valence-electron chi connectivity index (χ1n) is 9.95. The molecule has 0 atom stereocenters. The number of benzene rings is 2. The number of para-hydroxylation sites is 1. The number of nitrogens with zero attached hydrogens (tertiary/aromatic N) is 2. The molecule has 1 aliphatic rings. The van der Waals surface area contributed by atoms with Gasteiger partial charge in [-0.1, -0.05) is 36.8 Å². The number of hydrogen-bond acceptors (Lipinski definition) is 5. The van der Waals surface area contributed by atoms with Crippen molar-refractivity contribution < 1.29 is 17.9 Å². The van der Waals surface area contributed by atoms with E-state index in [1.165, 1.54) is 0 Å². The molecule has 8 heteroatoms. The summed E-state index contributed by atoms with van der Waals surface area (Å²) in [6.07, 6.45) is 2.87. The maximum absolute atomic E-state index is 12.4. The van der Waals surface area contributed by atoms with Crippen molar-refractivity contribution in [2.24, 2.45) is 4.99 Å². The second-order valence-electron chi connectivity index (χ2n) is 7.20. The number of hydrogen-bond donors (Lipinski definition) is 1. The Labute approximate surface area is 177 Å². The van der Waals surface area contributed by atoms with Gasteiger partial charge >= 0.3 is 0 Å². The van der Waals surface area contributed by atoms with Crippen LogP contribution < -0.4 is 9.46 Å². The smallest absolute Gasteiger partial charge is 0.263 e. The summed E-state index contributed by atoms with van der Waals surface area (Å²) in [7, 11) is -0.0736. The Bertz CT molecular complexity index is 1030. The van der Waals surface area contributed by atoms with Gasteiger partial charge in [-0.05, 0) is 31.0 Å². The van der Waals surface area contributed by atoms with Crippen LogP contribution in [0.1, 0.15) is 36.8 Å². The number of sulfonamides is 1. The Balaban J connectivity index is 1.41. The number of amidine groups is 1. The molecule has 0 saturated heterocycles. The molecular formula is C22H27N3O4S. The zero-order valence-electron chi connectivity index (χ0n) is 17.3. The molecule has 0 spiro atoms. The van der Waals surface area contributed by atoms with Crippen LogP contribution in [0.2, 0.25) is 0 Å². The maximum atomic E-state index is 12.4. The zero-order valence-corrected chi connectivity index (χ0v) is 18.1. The molecule has 2 aromatic carbocycles. The molecule has 0 aromatic heterocycles. The Morgan fingerprint density at radius 3 is 2.60 bits per heavy atom. The topological polar surface area (TPSA) is 88.1 Å². The largest absolute Gasteiger partial charge is 0.496 e. The number of methoxy groups -OCH3 is 1. The van der Waals surface area contributed by atoms with Crippen molar-refractivity contribution in [2.75, 3.05) is 20.7 Å². The van der Waals surface area contributed by atoms with Crippen molar-refractivity contribution in [1.29, 1.82) is 0 Å². The predicted molar refractivity (Wildman–Crippen MR) is 116 cm³/mol. The van der Waals surface area contributed by atoms with E-state index in [1.807, 2.05) is 24.3 Å². The average Bonchev–Trinajstić information content (AvgIpc) is 3.01. The molecule has 2 aromatic rings. The van der Waals surface area contributed by atoms with Gasteiger partial charge in [0.05, 0.1) is 12.0 Å². The molecule has 0 aliphatic carbocycles. The molecule has 1 aliphatic heterocycles. The number of unbranched alkanes of at least 4 members (excludes halogenated alkanes) is 2. The average molecular weight is 430 g/mol. The first kappa shape index (κ1) is 21.8. The molecule has 7 nitrogen and oxygen atoms in total. The van der Waals surface area contributed by atoms with Gasteiger partial charge in [-0.3, -0.25) is 14.5 Å². The number of ether oxygens (including phenoxy) is 1. The Morgan fingerprint density at radius 1 is 1.07 bits per heavy atom. The van der Waals surface area contributed by atoms with Crippen LogP contribution in [0.3, 0.4) is 0 Å². The van der Waals surface area contributed by atoms with E-state index in [1.54, 1.807) is 43.3 Å². The molecule has 3 rings (SSSR count). The third-order valence-electron chi connectivity index (χ3n) is 5.01. The lowest BCUT2D eigenvalue weighted by Crippen LogP contribution is -2.26. The summed E-state index contributed by atoms with van der Waals surface area (Å²) >= 11 is 0. The molecule has 0 unspecified atom stereocenters. The van der Waals surface area contributed by atoms with Gasteiger partial charge in [0.2, 0.25) is 5.91 Å². The van der Waals surface area contributed by atoms with E-state index in [9.17, 15) is 13.2 Å². The van der Waals surface area contributed by atoms with Gasteiger partial charge in [-0.15, -0.1) is 0 Å². The summed E-state index contributed by atoms with van der Waals surface area (Å²) in [4.78, 5) is 18.8. The Morgan fingerprint density at radius 2 is 1.80 bits per heavy atom. The van der Waals surface area contributed by atoms with Crippen molar-refractivity contribution in [3.63, 3.8) is 0 Å². The minimum Gasteiger partial charge on any atom is -0.496 e. The highest BCUT2D eigenvalue weighted by molar-refractivity contribution is 7.90. The van der Waals surface area contributed by atoms with Crippen LogP contribution in [0.4, 0.5) is 0 Å². The lowest BCUT2D eigenvalue weighted by Gasteiger charge is -2.18. The fourth-order valence-corrected chi connectivity index (χ4v) is 4.63. The minimum atomic E-state index is -3.49. The highest BCUT2D eigenvalue weighted by Gasteiger charge is 2.29. The third-order valence-corrected chi connectivity index (χ3v) is 6.40. The van der Waals surface area contributed by atoms with Gasteiger partial charge in [0.25, 0.3) is 10.0 Å². The summed E-state index contributed by atoms with van der Waals surface area (Å²) in [5.74, 6) is 1.27. The minimum absolute atomic E-state index is 0.0877. The van der Waals surface area contributed by atoms with Crippen LogP contribution in [-0.4, -0.2) is 45.8 Å². The molecule has 0 fully saturated rings. The number of rotatable bonds is 9. The monoisotopic (exact) mass is 429 g/mol. The van der Waals surface area contributed by atoms with Crippen molar-refractivity contribution in [3.05, 3.63) is 59.7 Å². The summed E-state index contributed by atoms with van der Waals surface area (Å²) < 4.78 is 32.0. The van der Waals surface area contributed by atoms with Crippen molar-refractivity contribution in [2.45, 2.75) is 37.1 Å². The lowest BCUT2D eigenvalue weighted by atomic mass is 10.1. The van der Waals surface area contributed by atoms with E-state index < -0.39 is 10.0 Å². The van der Waals surface area contributed by atoms with Crippen LogP contribution in [-0.2, 0) is 21.4 Å². The van der Waals surface area contributed by atoms with E-state index in [4.69, 9.17) is 4.74 Å². The van der Waals surface area contributed by atoms with Crippen LogP contribution in [0.25, 0.3) is 0 Å². The second kappa shape index (κ2) is 9.75. The van der Waals surface area contributed by atoms with E-state index in [0.717, 1.165) is 30.6 Å². The Hall–Kier alpha value is -2.87. The first-order chi connectivity index (χ1) is 14.4. The van der Waals surface area contributed by atoms with Crippen molar-refractivity contribution >= 4 is 21.8 Å². The number of amides is 1. The zero-order chi connectivity index (χ0) is 21.6. The van der Waals surface area contributed by atoms with Gasteiger partial charge in [-0.2, -0.15) is 0 Å². The molecule has 0 saturated carbocycles. The summed E-state index contributed by atoms with van der Waals surface area (Å²) in [5, 5.41) is 0. The number of fused-ring (bicyclic) bond motifs is 1. The number of nitrogens with one attached hydrogen (secondary N) is 1. The van der Waals surface area contributed by atoms with Crippen molar-refractivity contribution in [1.82, 2.24) is 9.62 Å². The number of carbonyl (C=O) groups is 1. The van der Waals surface area contributed by atoms with Crippen LogP contribution in [0, 0.1) is 0 Å². The summed E-state index contributed by atoms with van der Waals surface area (Å²) in [6, 6.07) is 14.5. The van der Waals surface area contributed by atoms with E-state index in [2.05, 4.69) is 9.71 Å². The molecule has 160 valence electrons. The van der Waals surface area contributed by atoms with E-state index >= 15 is 0 Å². The third kappa shape index (κ3) is 5.18. The van der Waals surface area contributed by atoms with Gasteiger partial charge in [0.15, 0.2) is 0 Å². The fourth-order valence-electron chi connectivity index (χ4n) is 3.38. The van der Waals surface area contributed by atoms with Crippen LogP contribution in [0.15, 0.2) is 58.4 Å².